The molecule has 0 atom stereocenters. The largest absolute Gasteiger partial charge is 0.378 e. The van der Waals surface area contributed by atoms with Gasteiger partial charge < -0.3 is 9.64 Å². The lowest BCUT2D eigenvalue weighted by atomic mass is 10.1. The Bertz CT molecular complexity index is 366. The van der Waals surface area contributed by atoms with E-state index >= 15 is 0 Å². The first-order chi connectivity index (χ1) is 8.31. The quantitative estimate of drug-likeness (QED) is 0.797. The maximum atomic E-state index is 12.1. The number of carbonyl (C=O) groups excluding carboxylic acids is 1. The highest BCUT2D eigenvalue weighted by Crippen LogP contribution is 2.10. The molecule has 91 valence electrons. The first kappa shape index (κ1) is 12.1. The fraction of sp³-hybridized carbons (Fsp3) is 0.429. The molecule has 1 radical (unpaired) electrons. The number of hydrogen-bond donors (Lipinski definition) is 0. The molecular weight excluding hydrogens is 214 g/mol. The molecule has 1 aliphatic rings. The fourth-order valence-electron chi connectivity index (χ4n) is 1.97. The molecule has 0 aromatic heterocycles. The van der Waals surface area contributed by atoms with Crippen LogP contribution < -0.4 is 0 Å². The van der Waals surface area contributed by atoms with Crippen molar-refractivity contribution in [1.82, 2.24) is 4.90 Å². The lowest BCUT2D eigenvalue weighted by molar-refractivity contribution is 0.0303. The van der Waals surface area contributed by atoms with E-state index in [1.54, 1.807) is 0 Å². The third kappa shape index (κ3) is 3.07. The SMILES string of the molecule is [CH2]CCc1ccc(C(=O)N2CCOCC2)cc1. The summed E-state index contributed by atoms with van der Waals surface area (Å²) in [6, 6.07) is 7.84. The number of benzene rings is 1. The zero-order valence-corrected chi connectivity index (χ0v) is 10.0. The molecule has 0 saturated carbocycles. The summed E-state index contributed by atoms with van der Waals surface area (Å²) < 4.78 is 5.24. The summed E-state index contributed by atoms with van der Waals surface area (Å²) >= 11 is 0. The number of rotatable bonds is 3. The normalized spacial score (nSPS) is 15.9. The summed E-state index contributed by atoms with van der Waals surface area (Å²) in [6.07, 6.45) is 1.85. The van der Waals surface area contributed by atoms with Crippen molar-refractivity contribution in [3.8, 4) is 0 Å². The molecule has 0 spiro atoms. The molecule has 1 aliphatic heterocycles. The summed E-state index contributed by atoms with van der Waals surface area (Å²) in [7, 11) is 0. The smallest absolute Gasteiger partial charge is 0.254 e. The van der Waals surface area contributed by atoms with E-state index in [-0.39, 0.29) is 5.91 Å². The zero-order chi connectivity index (χ0) is 12.1. The second kappa shape index (κ2) is 5.82. The van der Waals surface area contributed by atoms with Gasteiger partial charge in [-0.15, -0.1) is 0 Å². The van der Waals surface area contributed by atoms with Crippen molar-refractivity contribution >= 4 is 5.91 Å². The minimum absolute atomic E-state index is 0.106. The van der Waals surface area contributed by atoms with E-state index in [9.17, 15) is 4.79 Å². The van der Waals surface area contributed by atoms with Gasteiger partial charge in [-0.25, -0.2) is 0 Å². The highest BCUT2D eigenvalue weighted by Gasteiger charge is 2.17. The van der Waals surface area contributed by atoms with Gasteiger partial charge in [-0.1, -0.05) is 19.1 Å². The number of ether oxygens (including phenoxy) is 1. The van der Waals surface area contributed by atoms with Crippen LogP contribution in [0.1, 0.15) is 22.3 Å². The Balaban J connectivity index is 2.03. The molecule has 0 bridgehead atoms. The first-order valence-electron chi connectivity index (χ1n) is 6.06. The predicted octanol–water partition coefficient (Wildman–Crippen LogP) is 1.93. The molecule has 0 aliphatic carbocycles. The zero-order valence-electron chi connectivity index (χ0n) is 10.0. The summed E-state index contributed by atoms with van der Waals surface area (Å²) in [6.45, 7) is 6.50. The van der Waals surface area contributed by atoms with Gasteiger partial charge in [0.2, 0.25) is 0 Å². The average Bonchev–Trinajstić information content (AvgIpc) is 2.40. The number of nitrogens with zero attached hydrogens (tertiary/aromatic N) is 1. The number of hydrogen-bond acceptors (Lipinski definition) is 2. The highest BCUT2D eigenvalue weighted by molar-refractivity contribution is 5.94. The molecule has 1 heterocycles. The Morgan fingerprint density at radius 3 is 2.47 bits per heavy atom. The van der Waals surface area contributed by atoms with Crippen LogP contribution in [0.5, 0.6) is 0 Å². The third-order valence-electron chi connectivity index (χ3n) is 2.96. The Morgan fingerprint density at radius 2 is 1.88 bits per heavy atom. The van der Waals surface area contributed by atoms with Crippen molar-refractivity contribution in [3.63, 3.8) is 0 Å². The molecular formula is C14H18NO2. The van der Waals surface area contributed by atoms with E-state index in [2.05, 4.69) is 6.92 Å². The second-order valence-electron chi connectivity index (χ2n) is 4.21. The van der Waals surface area contributed by atoms with Gasteiger partial charge in [0.05, 0.1) is 13.2 Å². The van der Waals surface area contributed by atoms with Crippen molar-refractivity contribution in [1.29, 1.82) is 0 Å². The predicted molar refractivity (Wildman–Crippen MR) is 66.8 cm³/mol. The van der Waals surface area contributed by atoms with Crippen LogP contribution in [-0.4, -0.2) is 37.1 Å². The monoisotopic (exact) mass is 232 g/mol. The lowest BCUT2D eigenvalue weighted by Crippen LogP contribution is -2.40. The van der Waals surface area contributed by atoms with Gasteiger partial charge in [-0.05, 0) is 30.5 Å². The standard InChI is InChI=1S/C14H18NO2/c1-2-3-12-4-6-13(7-5-12)14(16)15-8-10-17-11-9-15/h4-7H,1-3,8-11H2. The number of amides is 1. The van der Waals surface area contributed by atoms with E-state index in [1.807, 2.05) is 29.2 Å². The molecule has 1 aromatic rings. The van der Waals surface area contributed by atoms with Crippen LogP contribution in [0, 0.1) is 6.92 Å². The maximum Gasteiger partial charge on any atom is 0.254 e. The van der Waals surface area contributed by atoms with Crippen molar-refractivity contribution < 1.29 is 9.53 Å². The van der Waals surface area contributed by atoms with Gasteiger partial charge in [-0.3, -0.25) is 4.79 Å². The van der Waals surface area contributed by atoms with Gasteiger partial charge in [0, 0.05) is 18.7 Å². The van der Waals surface area contributed by atoms with Crippen molar-refractivity contribution in [2.45, 2.75) is 12.8 Å². The number of morpholine rings is 1. The highest BCUT2D eigenvalue weighted by atomic mass is 16.5. The minimum Gasteiger partial charge on any atom is -0.378 e. The van der Waals surface area contributed by atoms with Crippen molar-refractivity contribution in [2.75, 3.05) is 26.3 Å². The van der Waals surface area contributed by atoms with Gasteiger partial charge in [0.25, 0.3) is 5.91 Å². The minimum atomic E-state index is 0.106. The van der Waals surface area contributed by atoms with Crippen molar-refractivity contribution in [2.24, 2.45) is 0 Å². The molecule has 2 rings (SSSR count). The Morgan fingerprint density at radius 1 is 1.24 bits per heavy atom. The van der Waals surface area contributed by atoms with Crippen LogP contribution in [0.4, 0.5) is 0 Å². The molecule has 1 amide bonds. The van der Waals surface area contributed by atoms with Gasteiger partial charge in [0.1, 0.15) is 0 Å². The summed E-state index contributed by atoms with van der Waals surface area (Å²) in [5.74, 6) is 0.106. The van der Waals surface area contributed by atoms with E-state index < -0.39 is 0 Å². The van der Waals surface area contributed by atoms with E-state index in [1.165, 1.54) is 5.56 Å². The fourth-order valence-corrected chi connectivity index (χ4v) is 1.97. The van der Waals surface area contributed by atoms with Crippen LogP contribution in [0.25, 0.3) is 0 Å². The molecule has 0 unspecified atom stereocenters. The Hall–Kier alpha value is -1.35. The molecule has 17 heavy (non-hydrogen) atoms. The maximum absolute atomic E-state index is 12.1. The molecule has 1 saturated heterocycles. The molecule has 1 fully saturated rings. The Labute approximate surface area is 102 Å². The topological polar surface area (TPSA) is 29.5 Å². The third-order valence-corrected chi connectivity index (χ3v) is 2.96. The molecule has 1 aromatic carbocycles. The molecule has 0 N–H and O–H groups in total. The number of aryl methyl sites for hydroxylation is 1. The van der Waals surface area contributed by atoms with Crippen LogP contribution in [0.2, 0.25) is 0 Å². The summed E-state index contributed by atoms with van der Waals surface area (Å²) in [5, 5.41) is 0. The van der Waals surface area contributed by atoms with Gasteiger partial charge >= 0.3 is 0 Å². The molecule has 3 nitrogen and oxygen atoms in total. The van der Waals surface area contributed by atoms with Crippen LogP contribution in [0.3, 0.4) is 0 Å². The second-order valence-corrected chi connectivity index (χ2v) is 4.21. The van der Waals surface area contributed by atoms with Crippen LogP contribution >= 0.6 is 0 Å². The molecule has 3 heteroatoms. The lowest BCUT2D eigenvalue weighted by Gasteiger charge is -2.26. The van der Waals surface area contributed by atoms with Gasteiger partial charge in [-0.2, -0.15) is 0 Å². The first-order valence-corrected chi connectivity index (χ1v) is 6.06. The van der Waals surface area contributed by atoms with Gasteiger partial charge in [0.15, 0.2) is 0 Å². The average molecular weight is 232 g/mol. The van der Waals surface area contributed by atoms with E-state index in [0.717, 1.165) is 18.4 Å². The van der Waals surface area contributed by atoms with E-state index in [4.69, 9.17) is 4.74 Å². The van der Waals surface area contributed by atoms with E-state index in [0.29, 0.717) is 26.3 Å². The number of carbonyl (C=O) groups is 1. The van der Waals surface area contributed by atoms with Crippen LogP contribution in [-0.2, 0) is 11.2 Å². The summed E-state index contributed by atoms with van der Waals surface area (Å²) in [4.78, 5) is 14.0. The van der Waals surface area contributed by atoms with Crippen molar-refractivity contribution in [3.05, 3.63) is 42.3 Å². The van der Waals surface area contributed by atoms with Crippen LogP contribution in [0.15, 0.2) is 24.3 Å². The summed E-state index contributed by atoms with van der Waals surface area (Å²) in [5.41, 5.74) is 2.00. The Kier molecular flexibility index (Phi) is 4.15.